The average molecular weight is 438 g/mol. The maximum atomic E-state index is 12.9. The van der Waals surface area contributed by atoms with Gasteiger partial charge >= 0.3 is 29.6 Å². The van der Waals surface area contributed by atoms with Crippen LogP contribution < -0.4 is 45.7 Å². The zero-order chi connectivity index (χ0) is 19.8. The Kier molecular flexibility index (Phi) is 6.69. The van der Waals surface area contributed by atoms with Crippen molar-refractivity contribution < 1.29 is 49.0 Å². The molecule has 4 rings (SSSR count). The first-order valence-electron chi connectivity index (χ1n) is 8.40. The van der Waals surface area contributed by atoms with E-state index in [1.807, 2.05) is 30.3 Å². The van der Waals surface area contributed by atoms with Crippen LogP contribution in [0, 0.1) is 0 Å². The topological polar surface area (TPSA) is 128 Å². The number of benzene rings is 1. The molecule has 2 aliphatic heterocycles. The molecule has 144 valence electrons. The molecule has 1 aromatic heterocycles. The van der Waals surface area contributed by atoms with Crippen LogP contribution in [0.4, 0.5) is 5.13 Å². The van der Waals surface area contributed by atoms with Gasteiger partial charge in [0, 0.05) is 11.9 Å². The van der Waals surface area contributed by atoms with Crippen LogP contribution >= 0.6 is 23.1 Å². The SMILES string of the molecule is Nc1nc(/C(=C\c2ccccc2)C(=O)NC2C(=O)N3CC(C(=O)[O-])S[C@H]23)cs1.[Na+]. The molecule has 0 radical (unpaired) electrons. The van der Waals surface area contributed by atoms with Crippen molar-refractivity contribution in [3.8, 4) is 0 Å². The number of fused-ring (bicyclic) bond motifs is 1. The normalized spacial score (nSPS) is 23.0. The number of nitrogens with two attached hydrogens (primary N) is 1. The van der Waals surface area contributed by atoms with Crippen LogP contribution in [0.15, 0.2) is 35.7 Å². The number of β-lactam (4-membered cyclic amide) rings is 1. The van der Waals surface area contributed by atoms with E-state index in [4.69, 9.17) is 5.73 Å². The number of carbonyl (C=O) groups excluding carboxylic acids is 3. The van der Waals surface area contributed by atoms with Gasteiger partial charge in [-0.15, -0.1) is 23.1 Å². The second-order valence-electron chi connectivity index (χ2n) is 6.32. The molecule has 2 saturated heterocycles. The fourth-order valence-electron chi connectivity index (χ4n) is 3.12. The molecule has 2 aliphatic rings. The Morgan fingerprint density at radius 1 is 1.31 bits per heavy atom. The summed E-state index contributed by atoms with van der Waals surface area (Å²) in [5, 5.41) is 14.6. The summed E-state index contributed by atoms with van der Waals surface area (Å²) in [5.41, 5.74) is 7.20. The first-order valence-corrected chi connectivity index (χ1v) is 10.2. The summed E-state index contributed by atoms with van der Waals surface area (Å²) >= 11 is 2.33. The largest absolute Gasteiger partial charge is 1.00 e. The molecular formula is C18H15N4NaO4S2. The van der Waals surface area contributed by atoms with E-state index in [1.165, 1.54) is 16.2 Å². The summed E-state index contributed by atoms with van der Waals surface area (Å²) in [6.07, 6.45) is 1.68. The third-order valence-electron chi connectivity index (χ3n) is 4.51. The number of thiazole rings is 1. The van der Waals surface area contributed by atoms with E-state index in [0.717, 1.165) is 17.3 Å². The fraction of sp³-hybridized carbons (Fsp3) is 0.222. The van der Waals surface area contributed by atoms with Crippen molar-refractivity contribution in [1.29, 1.82) is 0 Å². The van der Waals surface area contributed by atoms with Crippen LogP contribution in [0.2, 0.25) is 0 Å². The summed E-state index contributed by atoms with van der Waals surface area (Å²) in [6.45, 7) is 0.0954. The van der Waals surface area contributed by atoms with E-state index < -0.39 is 28.5 Å². The summed E-state index contributed by atoms with van der Waals surface area (Å²) < 4.78 is 0. The van der Waals surface area contributed by atoms with Gasteiger partial charge in [-0.3, -0.25) is 9.59 Å². The minimum atomic E-state index is -1.21. The van der Waals surface area contributed by atoms with Crippen molar-refractivity contribution in [2.24, 2.45) is 0 Å². The number of nitrogens with one attached hydrogen (secondary N) is 1. The number of thioether (sulfide) groups is 1. The number of aromatic nitrogens is 1. The van der Waals surface area contributed by atoms with E-state index in [2.05, 4.69) is 10.3 Å². The van der Waals surface area contributed by atoms with Crippen molar-refractivity contribution in [3.63, 3.8) is 0 Å². The molecule has 0 aliphatic carbocycles. The van der Waals surface area contributed by atoms with Crippen LogP contribution in [0.1, 0.15) is 11.3 Å². The molecule has 2 aromatic rings. The van der Waals surface area contributed by atoms with Crippen molar-refractivity contribution in [2.75, 3.05) is 12.3 Å². The summed E-state index contributed by atoms with van der Waals surface area (Å²) in [5.74, 6) is -1.98. The van der Waals surface area contributed by atoms with E-state index in [-0.39, 0.29) is 47.6 Å². The van der Waals surface area contributed by atoms with Crippen LogP contribution in [0.5, 0.6) is 0 Å². The number of carboxylic acid groups (broad SMARTS) is 1. The zero-order valence-electron chi connectivity index (χ0n) is 15.4. The molecule has 8 nitrogen and oxygen atoms in total. The first kappa shape index (κ1) is 21.8. The third-order valence-corrected chi connectivity index (χ3v) is 6.66. The second kappa shape index (κ2) is 8.88. The number of nitrogen functional groups attached to an aromatic ring is 1. The van der Waals surface area contributed by atoms with Crippen LogP contribution in [0.25, 0.3) is 11.6 Å². The molecule has 11 heteroatoms. The third kappa shape index (κ3) is 4.36. The van der Waals surface area contributed by atoms with Crippen molar-refractivity contribution in [2.45, 2.75) is 16.7 Å². The molecule has 2 fully saturated rings. The van der Waals surface area contributed by atoms with Crippen LogP contribution in [-0.2, 0) is 14.4 Å². The number of carboxylic acids is 1. The number of carbonyl (C=O) groups is 3. The molecule has 3 N–H and O–H groups in total. The van der Waals surface area contributed by atoms with Gasteiger partial charge in [-0.2, -0.15) is 0 Å². The quantitative estimate of drug-likeness (QED) is 0.286. The van der Waals surface area contributed by atoms with Gasteiger partial charge in [-0.05, 0) is 11.6 Å². The predicted octanol–water partition coefficient (Wildman–Crippen LogP) is -3.21. The Morgan fingerprint density at radius 2 is 2.03 bits per heavy atom. The molecule has 2 amide bonds. The maximum Gasteiger partial charge on any atom is 1.00 e. The summed E-state index contributed by atoms with van der Waals surface area (Å²) in [4.78, 5) is 41.9. The van der Waals surface area contributed by atoms with Gasteiger partial charge in [0.2, 0.25) is 5.91 Å². The van der Waals surface area contributed by atoms with Gasteiger partial charge in [-0.1, -0.05) is 30.3 Å². The minimum absolute atomic E-state index is 0. The molecular weight excluding hydrogens is 423 g/mol. The smallest absolute Gasteiger partial charge is 0.549 e. The zero-order valence-corrected chi connectivity index (χ0v) is 19.0. The standard InChI is InChI=1S/C18H16N4O4S2.Na/c19-18-20-11(8-27-18)10(6-9-4-2-1-3-5-9)14(23)21-13-15(24)22-7-12(17(25)26)28-16(13)22;/h1-6,8,12-13,16H,7H2,(H2,19,20)(H,21,23)(H,25,26);/q;+1/p-1/b10-6+;/t12?,13?,16-;/m1./s1. The van der Waals surface area contributed by atoms with Crippen molar-refractivity contribution in [1.82, 2.24) is 15.2 Å². The maximum absolute atomic E-state index is 12.9. The number of aliphatic carboxylic acids is 1. The number of amides is 2. The Labute approximate surface area is 196 Å². The summed E-state index contributed by atoms with van der Waals surface area (Å²) in [7, 11) is 0. The molecule has 1 aromatic carbocycles. The minimum Gasteiger partial charge on any atom is -0.549 e. The second-order valence-corrected chi connectivity index (χ2v) is 8.53. The van der Waals surface area contributed by atoms with Gasteiger partial charge in [0.15, 0.2) is 5.13 Å². The Balaban J connectivity index is 0.00000240. The average Bonchev–Trinajstić information content (AvgIpc) is 3.29. The number of anilines is 1. The van der Waals surface area contributed by atoms with Crippen LogP contribution in [-0.4, -0.2) is 50.9 Å². The summed E-state index contributed by atoms with van der Waals surface area (Å²) in [6, 6.07) is 8.47. The Bertz CT molecular complexity index is 981. The Hall–Kier alpha value is -1.85. The van der Waals surface area contributed by atoms with Crippen molar-refractivity contribution in [3.05, 3.63) is 47.0 Å². The Morgan fingerprint density at radius 3 is 2.66 bits per heavy atom. The molecule has 3 atom stereocenters. The van der Waals surface area contributed by atoms with Crippen molar-refractivity contribution >= 4 is 57.7 Å². The molecule has 0 bridgehead atoms. The monoisotopic (exact) mass is 438 g/mol. The predicted molar refractivity (Wildman–Crippen MR) is 105 cm³/mol. The molecule has 29 heavy (non-hydrogen) atoms. The van der Waals surface area contributed by atoms with Gasteiger partial charge < -0.3 is 25.9 Å². The van der Waals surface area contributed by atoms with Gasteiger partial charge in [0.1, 0.15) is 11.4 Å². The molecule has 3 heterocycles. The fourth-order valence-corrected chi connectivity index (χ4v) is 5.06. The first-order chi connectivity index (χ1) is 13.4. The van der Waals surface area contributed by atoms with E-state index in [1.54, 1.807) is 11.5 Å². The number of nitrogens with zero attached hydrogens (tertiary/aromatic N) is 2. The van der Waals surface area contributed by atoms with Gasteiger partial charge in [0.05, 0.1) is 22.5 Å². The van der Waals surface area contributed by atoms with Gasteiger partial charge in [-0.25, -0.2) is 4.98 Å². The van der Waals surface area contributed by atoms with Crippen LogP contribution in [0.3, 0.4) is 0 Å². The van der Waals surface area contributed by atoms with Gasteiger partial charge in [0.25, 0.3) is 5.91 Å². The van der Waals surface area contributed by atoms with E-state index in [0.29, 0.717) is 10.8 Å². The molecule has 0 saturated carbocycles. The number of rotatable bonds is 5. The van der Waals surface area contributed by atoms with E-state index >= 15 is 0 Å². The number of hydrogen-bond acceptors (Lipinski definition) is 8. The van der Waals surface area contributed by atoms with E-state index in [9.17, 15) is 19.5 Å². The molecule has 2 unspecified atom stereocenters. The molecule has 0 spiro atoms. The number of hydrogen-bond donors (Lipinski definition) is 2.